The predicted octanol–water partition coefficient (Wildman–Crippen LogP) is 7.11. The van der Waals surface area contributed by atoms with Gasteiger partial charge in [0, 0.05) is 41.8 Å². The highest BCUT2D eigenvalue weighted by molar-refractivity contribution is 6.31. The molecule has 4 rings (SSSR count). The molecular weight excluding hydrogens is 529 g/mol. The summed E-state index contributed by atoms with van der Waals surface area (Å²) in [6, 6.07) is 10.4. The van der Waals surface area contributed by atoms with Crippen molar-refractivity contribution >= 4 is 23.2 Å². The molecule has 0 amide bonds. The number of halogens is 4. The summed E-state index contributed by atoms with van der Waals surface area (Å²) >= 11 is 12.3. The second-order valence-corrected chi connectivity index (χ2v) is 12.7. The van der Waals surface area contributed by atoms with E-state index < -0.39 is 35.1 Å². The molecule has 4 nitrogen and oxygen atoms in total. The van der Waals surface area contributed by atoms with Gasteiger partial charge in [0.25, 0.3) is 0 Å². The highest BCUT2D eigenvalue weighted by Gasteiger charge is 2.62. The molecule has 206 valence electrons. The number of aliphatic hydroxyl groups excluding tert-OH is 1. The molecule has 0 aliphatic carbocycles. The minimum atomic E-state index is -1.50. The van der Waals surface area contributed by atoms with Crippen molar-refractivity contribution in [1.29, 1.82) is 5.26 Å². The fourth-order valence-corrected chi connectivity index (χ4v) is 6.88. The first-order valence-corrected chi connectivity index (χ1v) is 14.0. The molecule has 2 aromatic carbocycles. The van der Waals surface area contributed by atoms with Crippen LogP contribution in [0, 0.1) is 34.3 Å². The second kappa shape index (κ2) is 11.8. The van der Waals surface area contributed by atoms with Crippen molar-refractivity contribution in [2.45, 2.75) is 69.9 Å². The third-order valence-corrected chi connectivity index (χ3v) is 8.76. The van der Waals surface area contributed by atoms with E-state index in [0.717, 1.165) is 19.3 Å². The largest absolute Gasteiger partial charge is 0.395 e. The van der Waals surface area contributed by atoms with E-state index in [1.54, 1.807) is 24.3 Å². The van der Waals surface area contributed by atoms with Gasteiger partial charge in [-0.15, -0.1) is 0 Å². The Labute approximate surface area is 234 Å². The molecule has 38 heavy (non-hydrogen) atoms. The first kappa shape index (κ1) is 29.2. The van der Waals surface area contributed by atoms with Gasteiger partial charge in [0.15, 0.2) is 0 Å². The first-order chi connectivity index (χ1) is 18.0. The van der Waals surface area contributed by atoms with Gasteiger partial charge >= 0.3 is 0 Å². The number of rotatable bonds is 7. The van der Waals surface area contributed by atoms with Crippen LogP contribution >= 0.6 is 23.2 Å². The first-order valence-electron chi connectivity index (χ1n) is 13.3. The lowest BCUT2D eigenvalue weighted by molar-refractivity contribution is 0.0495. The van der Waals surface area contributed by atoms with Crippen LogP contribution in [0.2, 0.25) is 10.0 Å². The minimum Gasteiger partial charge on any atom is -0.395 e. The van der Waals surface area contributed by atoms with Gasteiger partial charge in [-0.3, -0.25) is 4.90 Å². The molecule has 2 heterocycles. The van der Waals surface area contributed by atoms with Crippen LogP contribution < -0.4 is 0 Å². The number of benzene rings is 2. The summed E-state index contributed by atoms with van der Waals surface area (Å²) in [5, 5.41) is 22.0. The number of nitriles is 1. The maximum atomic E-state index is 15.8. The lowest BCUT2D eigenvalue weighted by Gasteiger charge is -2.40. The molecule has 0 bridgehead atoms. The van der Waals surface area contributed by atoms with Gasteiger partial charge < -0.3 is 9.84 Å². The minimum absolute atomic E-state index is 0.0735. The quantitative estimate of drug-likeness (QED) is 0.389. The van der Waals surface area contributed by atoms with E-state index in [4.69, 9.17) is 27.9 Å². The fraction of sp³-hybridized carbons (Fsp3) is 0.567. The third kappa shape index (κ3) is 5.60. The fourth-order valence-electron chi connectivity index (χ4n) is 6.54. The zero-order valence-corrected chi connectivity index (χ0v) is 23.7. The van der Waals surface area contributed by atoms with Gasteiger partial charge in [-0.25, -0.2) is 8.78 Å². The lowest BCUT2D eigenvalue weighted by atomic mass is 9.62. The second-order valence-electron chi connectivity index (χ2n) is 11.8. The van der Waals surface area contributed by atoms with E-state index in [1.807, 2.05) is 0 Å². The molecule has 0 unspecified atom stereocenters. The Hall–Kier alpha value is -1.75. The summed E-state index contributed by atoms with van der Waals surface area (Å²) in [5.41, 5.74) is -1.37. The molecule has 4 atom stereocenters. The Kier molecular flexibility index (Phi) is 9.06. The SMILES string of the molecule is CC(C)(C)C[C@@H]1N(CCC2CCOCC2)[C@@H](CO)[C@H](c2cccc(Cl)c2F)[C@@]1(C#N)c1ccc(Cl)cc1F. The number of ether oxygens (including phenoxy) is 1. The predicted molar refractivity (Wildman–Crippen MR) is 146 cm³/mol. The molecule has 2 saturated heterocycles. The topological polar surface area (TPSA) is 56.5 Å². The molecule has 2 fully saturated rings. The van der Waals surface area contributed by atoms with Crippen molar-refractivity contribution in [3.05, 3.63) is 69.2 Å². The van der Waals surface area contributed by atoms with Crippen LogP contribution in [0.25, 0.3) is 0 Å². The molecule has 0 saturated carbocycles. The zero-order valence-electron chi connectivity index (χ0n) is 22.2. The van der Waals surface area contributed by atoms with E-state index in [1.165, 1.54) is 12.1 Å². The van der Waals surface area contributed by atoms with Crippen molar-refractivity contribution in [3.8, 4) is 6.07 Å². The van der Waals surface area contributed by atoms with E-state index in [2.05, 4.69) is 31.7 Å². The summed E-state index contributed by atoms with van der Waals surface area (Å²) in [6.07, 6.45) is 3.27. The molecular formula is C30H36Cl2F2N2O2. The van der Waals surface area contributed by atoms with Crippen molar-refractivity contribution in [2.24, 2.45) is 11.3 Å². The van der Waals surface area contributed by atoms with Crippen LogP contribution in [-0.2, 0) is 10.2 Å². The van der Waals surface area contributed by atoms with Crippen LogP contribution in [-0.4, -0.2) is 48.5 Å². The van der Waals surface area contributed by atoms with Crippen LogP contribution in [0.15, 0.2) is 36.4 Å². The van der Waals surface area contributed by atoms with Gasteiger partial charge in [-0.1, -0.05) is 62.2 Å². The van der Waals surface area contributed by atoms with Crippen LogP contribution in [0.4, 0.5) is 8.78 Å². The van der Waals surface area contributed by atoms with E-state index >= 15 is 8.78 Å². The Balaban J connectivity index is 1.95. The average molecular weight is 566 g/mol. The summed E-state index contributed by atoms with van der Waals surface area (Å²) in [6.45, 7) is 7.93. The maximum absolute atomic E-state index is 15.8. The monoisotopic (exact) mass is 564 g/mol. The Morgan fingerprint density at radius 3 is 2.47 bits per heavy atom. The smallest absolute Gasteiger partial charge is 0.145 e. The van der Waals surface area contributed by atoms with E-state index in [9.17, 15) is 10.4 Å². The summed E-state index contributed by atoms with van der Waals surface area (Å²) < 4.78 is 37.0. The standard InChI is InChI=1S/C30H36Cl2F2N2O2/c1-29(2,3)16-26-30(18-35,22-8-7-20(31)15-24(22)33)27(21-5-4-6-23(32)28(21)34)25(17-37)36(26)12-9-19-10-13-38-14-11-19/h4-8,15,19,25-27,37H,9-14,16-17H2,1-3H3/t25-,26-,27-,30-/m0/s1. The van der Waals surface area contributed by atoms with Crippen molar-refractivity contribution in [3.63, 3.8) is 0 Å². The van der Waals surface area contributed by atoms with Gasteiger partial charge in [-0.2, -0.15) is 5.26 Å². The van der Waals surface area contributed by atoms with Gasteiger partial charge in [-0.05, 0) is 67.3 Å². The van der Waals surface area contributed by atoms with E-state index in [-0.39, 0.29) is 33.2 Å². The molecule has 8 heteroatoms. The Morgan fingerprint density at radius 2 is 1.87 bits per heavy atom. The highest BCUT2D eigenvalue weighted by Crippen LogP contribution is 2.56. The van der Waals surface area contributed by atoms with Crippen LogP contribution in [0.3, 0.4) is 0 Å². The maximum Gasteiger partial charge on any atom is 0.145 e. The molecule has 1 N–H and O–H groups in total. The zero-order chi connectivity index (χ0) is 27.7. The lowest BCUT2D eigenvalue weighted by Crippen LogP contribution is -2.47. The number of nitrogens with zero attached hydrogens (tertiary/aromatic N) is 2. The number of hydrogen-bond acceptors (Lipinski definition) is 4. The molecule has 2 aliphatic rings. The highest BCUT2D eigenvalue weighted by atomic mass is 35.5. The molecule has 0 radical (unpaired) electrons. The number of aliphatic hydroxyl groups is 1. The molecule has 2 aromatic rings. The average Bonchev–Trinajstić information content (AvgIpc) is 3.12. The Morgan fingerprint density at radius 1 is 1.16 bits per heavy atom. The summed E-state index contributed by atoms with van der Waals surface area (Å²) in [7, 11) is 0. The van der Waals surface area contributed by atoms with Gasteiger partial charge in [0.2, 0.25) is 0 Å². The normalized spacial score (nSPS) is 27.0. The van der Waals surface area contributed by atoms with Crippen LogP contribution in [0.1, 0.15) is 63.5 Å². The number of hydrogen-bond donors (Lipinski definition) is 1. The van der Waals surface area contributed by atoms with E-state index in [0.29, 0.717) is 32.1 Å². The number of likely N-dealkylation sites (tertiary alicyclic amines) is 1. The van der Waals surface area contributed by atoms with Crippen molar-refractivity contribution in [2.75, 3.05) is 26.4 Å². The summed E-state index contributed by atoms with van der Waals surface area (Å²) in [4.78, 5) is 2.14. The van der Waals surface area contributed by atoms with Crippen LogP contribution in [0.5, 0.6) is 0 Å². The summed E-state index contributed by atoms with van der Waals surface area (Å²) in [5.74, 6) is -1.68. The Bertz CT molecular complexity index is 1180. The van der Waals surface area contributed by atoms with Gasteiger partial charge in [0.05, 0.1) is 17.7 Å². The third-order valence-electron chi connectivity index (χ3n) is 8.23. The van der Waals surface area contributed by atoms with Crippen molar-refractivity contribution in [1.82, 2.24) is 4.90 Å². The molecule has 2 aliphatic heterocycles. The van der Waals surface area contributed by atoms with Crippen molar-refractivity contribution < 1.29 is 18.6 Å². The molecule has 0 aromatic heterocycles. The molecule has 0 spiro atoms. The van der Waals surface area contributed by atoms with Gasteiger partial charge in [0.1, 0.15) is 17.0 Å².